The van der Waals surface area contributed by atoms with Crippen molar-refractivity contribution >= 4 is 17.3 Å². The third-order valence-corrected chi connectivity index (χ3v) is 4.26. The minimum absolute atomic E-state index is 0.00476. The minimum atomic E-state index is -0.448. The predicted molar refractivity (Wildman–Crippen MR) is 103 cm³/mol. The summed E-state index contributed by atoms with van der Waals surface area (Å²) in [6, 6.07) is 17.2. The van der Waals surface area contributed by atoms with Crippen LogP contribution < -0.4 is 4.74 Å². The Hall–Kier alpha value is -4.00. The molecule has 0 N–H and O–H groups in total. The zero-order chi connectivity index (χ0) is 19.7. The number of carbonyl (C=O) groups is 1. The number of fused-ring (bicyclic) bond motifs is 1. The molecule has 28 heavy (non-hydrogen) atoms. The molecule has 0 radical (unpaired) electrons. The Kier molecular flexibility index (Phi) is 4.33. The molecule has 0 fully saturated rings. The van der Waals surface area contributed by atoms with Gasteiger partial charge in [-0.25, -0.2) is 9.78 Å². The summed E-state index contributed by atoms with van der Waals surface area (Å²) in [5.41, 5.74) is 3.55. The molecule has 2 heterocycles. The maximum absolute atomic E-state index is 12.2. The SMILES string of the molecule is Cc1cccc(C(=O)Oc2ccc(-c3cn4cc([N+](=O)[O-])ccc4n3)cc2)c1. The Bertz CT molecular complexity index is 1200. The second kappa shape index (κ2) is 6.96. The number of carbonyl (C=O) groups excluding carboxylic acids is 1. The number of pyridine rings is 1. The van der Waals surface area contributed by atoms with E-state index < -0.39 is 10.9 Å². The fourth-order valence-corrected chi connectivity index (χ4v) is 2.86. The van der Waals surface area contributed by atoms with Gasteiger partial charge in [-0.05, 0) is 49.4 Å². The monoisotopic (exact) mass is 373 g/mol. The smallest absolute Gasteiger partial charge is 0.343 e. The van der Waals surface area contributed by atoms with E-state index in [0.717, 1.165) is 11.1 Å². The van der Waals surface area contributed by atoms with E-state index in [4.69, 9.17) is 4.74 Å². The minimum Gasteiger partial charge on any atom is -0.423 e. The van der Waals surface area contributed by atoms with Crippen molar-refractivity contribution in [3.63, 3.8) is 0 Å². The van der Waals surface area contributed by atoms with Crippen LogP contribution in [-0.2, 0) is 0 Å². The number of aryl methyl sites for hydroxylation is 1. The van der Waals surface area contributed by atoms with Gasteiger partial charge in [0.25, 0.3) is 5.69 Å². The van der Waals surface area contributed by atoms with Crippen LogP contribution in [0, 0.1) is 17.0 Å². The highest BCUT2D eigenvalue weighted by atomic mass is 16.6. The number of aromatic nitrogens is 2. The Morgan fingerprint density at radius 3 is 2.57 bits per heavy atom. The summed E-state index contributed by atoms with van der Waals surface area (Å²) in [4.78, 5) is 27.1. The molecule has 0 saturated heterocycles. The molecule has 0 unspecified atom stereocenters. The highest BCUT2D eigenvalue weighted by Gasteiger charge is 2.11. The van der Waals surface area contributed by atoms with Crippen molar-refractivity contribution in [3.05, 3.63) is 94.3 Å². The standard InChI is InChI=1S/C21H15N3O4/c1-14-3-2-4-16(11-14)21(25)28-18-8-5-15(6-9-18)19-13-23-12-17(24(26)27)7-10-20(23)22-19/h2-13H,1H3. The highest BCUT2D eigenvalue weighted by molar-refractivity contribution is 5.91. The molecule has 4 rings (SSSR count). The molecule has 4 aromatic rings. The van der Waals surface area contributed by atoms with Gasteiger partial charge in [-0.1, -0.05) is 17.7 Å². The second-order valence-electron chi connectivity index (χ2n) is 6.32. The molecular weight excluding hydrogens is 358 g/mol. The number of ether oxygens (including phenoxy) is 1. The molecule has 7 nitrogen and oxygen atoms in total. The topological polar surface area (TPSA) is 86.7 Å². The van der Waals surface area contributed by atoms with E-state index in [1.54, 1.807) is 53.1 Å². The Morgan fingerprint density at radius 1 is 1.07 bits per heavy atom. The summed E-state index contributed by atoms with van der Waals surface area (Å²) in [6.07, 6.45) is 3.14. The van der Waals surface area contributed by atoms with Crippen molar-refractivity contribution in [1.29, 1.82) is 0 Å². The molecule has 0 aliphatic rings. The number of esters is 1. The van der Waals surface area contributed by atoms with Crippen LogP contribution in [0.5, 0.6) is 5.75 Å². The van der Waals surface area contributed by atoms with Crippen LogP contribution in [0.3, 0.4) is 0 Å². The first-order chi connectivity index (χ1) is 13.5. The molecule has 0 atom stereocenters. The molecule has 0 spiro atoms. The fraction of sp³-hybridized carbons (Fsp3) is 0.0476. The van der Waals surface area contributed by atoms with Crippen molar-refractivity contribution in [1.82, 2.24) is 9.38 Å². The van der Waals surface area contributed by atoms with E-state index >= 15 is 0 Å². The average molecular weight is 373 g/mol. The lowest BCUT2D eigenvalue weighted by atomic mass is 10.1. The normalized spacial score (nSPS) is 10.8. The number of hydrogen-bond donors (Lipinski definition) is 0. The lowest BCUT2D eigenvalue weighted by Gasteiger charge is -2.05. The van der Waals surface area contributed by atoms with Crippen LogP contribution in [0.2, 0.25) is 0 Å². The van der Waals surface area contributed by atoms with Gasteiger partial charge in [0.05, 0.1) is 22.4 Å². The van der Waals surface area contributed by atoms with Gasteiger partial charge in [0.1, 0.15) is 11.4 Å². The van der Waals surface area contributed by atoms with Crippen LogP contribution >= 0.6 is 0 Å². The Labute approximate surface area is 160 Å². The van der Waals surface area contributed by atoms with Gasteiger partial charge < -0.3 is 4.74 Å². The summed E-state index contributed by atoms with van der Waals surface area (Å²) in [6.45, 7) is 1.91. The first-order valence-corrected chi connectivity index (χ1v) is 8.52. The van der Waals surface area contributed by atoms with E-state index in [0.29, 0.717) is 22.7 Å². The fourth-order valence-electron chi connectivity index (χ4n) is 2.86. The zero-order valence-corrected chi connectivity index (χ0v) is 14.9. The highest BCUT2D eigenvalue weighted by Crippen LogP contribution is 2.24. The van der Waals surface area contributed by atoms with Crippen LogP contribution in [0.1, 0.15) is 15.9 Å². The molecule has 0 aliphatic carbocycles. The molecular formula is C21H15N3O4. The number of hydrogen-bond acceptors (Lipinski definition) is 5. The molecule has 2 aromatic heterocycles. The Morgan fingerprint density at radius 2 is 1.86 bits per heavy atom. The summed E-state index contributed by atoms with van der Waals surface area (Å²) in [7, 11) is 0. The third kappa shape index (κ3) is 3.45. The van der Waals surface area contributed by atoms with Crippen molar-refractivity contribution in [2.45, 2.75) is 6.92 Å². The van der Waals surface area contributed by atoms with Gasteiger partial charge in [0.15, 0.2) is 0 Å². The average Bonchev–Trinajstić information content (AvgIpc) is 3.11. The lowest BCUT2D eigenvalue weighted by molar-refractivity contribution is -0.385. The van der Waals surface area contributed by atoms with Gasteiger partial charge in [-0.15, -0.1) is 0 Å². The summed E-state index contributed by atoms with van der Waals surface area (Å²) < 4.78 is 7.02. The van der Waals surface area contributed by atoms with E-state index in [2.05, 4.69) is 4.98 Å². The molecule has 138 valence electrons. The van der Waals surface area contributed by atoms with E-state index in [-0.39, 0.29) is 5.69 Å². The summed E-state index contributed by atoms with van der Waals surface area (Å²) >= 11 is 0. The maximum Gasteiger partial charge on any atom is 0.343 e. The van der Waals surface area contributed by atoms with E-state index in [9.17, 15) is 14.9 Å². The quantitative estimate of drug-likeness (QED) is 0.228. The van der Waals surface area contributed by atoms with Gasteiger partial charge in [0.2, 0.25) is 0 Å². The van der Waals surface area contributed by atoms with Crippen molar-refractivity contribution in [2.24, 2.45) is 0 Å². The lowest BCUT2D eigenvalue weighted by Crippen LogP contribution is -2.08. The zero-order valence-electron chi connectivity index (χ0n) is 14.9. The number of rotatable bonds is 4. The predicted octanol–water partition coefficient (Wildman–Crippen LogP) is 4.44. The first kappa shape index (κ1) is 17.4. The van der Waals surface area contributed by atoms with Gasteiger partial charge in [0, 0.05) is 17.8 Å². The molecule has 0 aliphatic heterocycles. The van der Waals surface area contributed by atoms with Crippen molar-refractivity contribution < 1.29 is 14.5 Å². The van der Waals surface area contributed by atoms with Gasteiger partial charge >= 0.3 is 5.97 Å². The van der Waals surface area contributed by atoms with Gasteiger partial charge in [-0.2, -0.15) is 0 Å². The Balaban J connectivity index is 1.55. The van der Waals surface area contributed by atoms with E-state index in [1.807, 2.05) is 19.1 Å². The van der Waals surface area contributed by atoms with Crippen molar-refractivity contribution in [3.8, 4) is 17.0 Å². The third-order valence-electron chi connectivity index (χ3n) is 4.26. The van der Waals surface area contributed by atoms with Gasteiger partial charge in [-0.3, -0.25) is 14.5 Å². The number of nitro groups is 1. The largest absolute Gasteiger partial charge is 0.423 e. The summed E-state index contributed by atoms with van der Waals surface area (Å²) in [5, 5.41) is 10.9. The maximum atomic E-state index is 12.2. The number of imidazole rings is 1. The molecule has 0 saturated carbocycles. The van der Waals surface area contributed by atoms with E-state index in [1.165, 1.54) is 12.3 Å². The number of benzene rings is 2. The summed E-state index contributed by atoms with van der Waals surface area (Å²) in [5.74, 6) is 0.00569. The molecule has 7 heteroatoms. The first-order valence-electron chi connectivity index (χ1n) is 8.52. The van der Waals surface area contributed by atoms with Crippen LogP contribution in [0.4, 0.5) is 5.69 Å². The van der Waals surface area contributed by atoms with Crippen LogP contribution in [0.15, 0.2) is 73.1 Å². The number of nitrogens with zero attached hydrogens (tertiary/aromatic N) is 3. The molecule has 0 bridgehead atoms. The molecule has 0 amide bonds. The van der Waals surface area contributed by atoms with Crippen LogP contribution in [-0.4, -0.2) is 20.3 Å². The van der Waals surface area contributed by atoms with Crippen LogP contribution in [0.25, 0.3) is 16.9 Å². The second-order valence-corrected chi connectivity index (χ2v) is 6.32. The molecule has 2 aromatic carbocycles. The van der Waals surface area contributed by atoms with Crippen molar-refractivity contribution in [2.75, 3.05) is 0 Å².